The van der Waals surface area contributed by atoms with Gasteiger partial charge in [0.05, 0.1) is 5.56 Å². The summed E-state index contributed by atoms with van der Waals surface area (Å²) in [7, 11) is 0. The zero-order valence-electron chi connectivity index (χ0n) is 16.5. The highest BCUT2D eigenvalue weighted by atomic mass is 32.2. The summed E-state index contributed by atoms with van der Waals surface area (Å²) in [6.45, 7) is 3.90. The van der Waals surface area contributed by atoms with Crippen molar-refractivity contribution in [3.63, 3.8) is 0 Å². The molecule has 30 heavy (non-hydrogen) atoms. The molecule has 0 fully saturated rings. The second-order valence-electron chi connectivity index (χ2n) is 6.54. The van der Waals surface area contributed by atoms with Gasteiger partial charge in [-0.1, -0.05) is 24.3 Å². The number of aromatic nitrogens is 1. The van der Waals surface area contributed by atoms with Gasteiger partial charge < -0.3 is 11.1 Å². The van der Waals surface area contributed by atoms with Gasteiger partial charge in [-0.15, -0.1) is 23.1 Å². The van der Waals surface area contributed by atoms with E-state index in [4.69, 9.17) is 5.73 Å². The van der Waals surface area contributed by atoms with Crippen LogP contribution in [0.15, 0.2) is 40.7 Å². The number of anilines is 2. The molecule has 0 spiro atoms. The SMILES string of the molecule is Cc1cccc(C)c1NC(=O)CCSc1nc(N)c(C#N)c(-c2cccs2)c1C#N. The summed E-state index contributed by atoms with van der Waals surface area (Å²) in [5.74, 6) is 0.397. The summed E-state index contributed by atoms with van der Waals surface area (Å²) in [4.78, 5) is 17.5. The fourth-order valence-corrected chi connectivity index (χ4v) is 4.74. The number of carbonyl (C=O) groups excluding carboxylic acids is 1. The van der Waals surface area contributed by atoms with Gasteiger partial charge in [0.15, 0.2) is 0 Å². The standard InChI is InChI=1S/C22H19N5OS2/c1-13-5-3-6-14(2)20(13)26-18(28)8-10-30-22-16(12-24)19(17-7-4-9-29-17)15(11-23)21(25)27-22/h3-7,9H,8,10H2,1-2H3,(H2,25,27)(H,26,28). The number of nitrogens with two attached hydrogens (primary N) is 1. The Morgan fingerprint density at radius 2 is 1.87 bits per heavy atom. The van der Waals surface area contributed by atoms with E-state index in [1.165, 1.54) is 23.1 Å². The Balaban J connectivity index is 1.78. The number of nitrogens with one attached hydrogen (secondary N) is 1. The van der Waals surface area contributed by atoms with Gasteiger partial charge in [-0.2, -0.15) is 10.5 Å². The minimum absolute atomic E-state index is 0.0855. The number of benzene rings is 1. The van der Waals surface area contributed by atoms with Crippen molar-refractivity contribution in [2.45, 2.75) is 25.3 Å². The summed E-state index contributed by atoms with van der Waals surface area (Å²) in [5, 5.41) is 24.5. The number of hydrogen-bond donors (Lipinski definition) is 2. The molecule has 6 nitrogen and oxygen atoms in total. The summed E-state index contributed by atoms with van der Waals surface area (Å²) < 4.78 is 0. The maximum absolute atomic E-state index is 12.4. The fraction of sp³-hybridized carbons (Fsp3) is 0.182. The largest absolute Gasteiger partial charge is 0.383 e. The number of pyridine rings is 1. The Kier molecular flexibility index (Phi) is 6.73. The molecule has 0 bridgehead atoms. The van der Waals surface area contributed by atoms with Gasteiger partial charge in [0.1, 0.15) is 28.5 Å². The van der Waals surface area contributed by atoms with Crippen LogP contribution in [0.25, 0.3) is 10.4 Å². The van der Waals surface area contributed by atoms with Gasteiger partial charge in [0.25, 0.3) is 0 Å². The van der Waals surface area contributed by atoms with Crippen LogP contribution >= 0.6 is 23.1 Å². The number of nitrogen functional groups attached to an aromatic ring is 1. The summed E-state index contributed by atoms with van der Waals surface area (Å²) in [6.07, 6.45) is 0.249. The molecule has 0 radical (unpaired) electrons. The first-order valence-electron chi connectivity index (χ1n) is 9.12. The van der Waals surface area contributed by atoms with E-state index in [9.17, 15) is 15.3 Å². The number of nitriles is 2. The van der Waals surface area contributed by atoms with Crippen LogP contribution in [-0.2, 0) is 4.79 Å². The fourth-order valence-electron chi connectivity index (χ4n) is 3.02. The third-order valence-corrected chi connectivity index (χ3v) is 6.36. The normalized spacial score (nSPS) is 10.3. The van der Waals surface area contributed by atoms with E-state index in [1.807, 2.05) is 49.6 Å². The van der Waals surface area contributed by atoms with Gasteiger partial charge in [0, 0.05) is 28.3 Å². The van der Waals surface area contributed by atoms with Crippen LogP contribution in [-0.4, -0.2) is 16.6 Å². The van der Waals surface area contributed by atoms with E-state index in [1.54, 1.807) is 0 Å². The van der Waals surface area contributed by atoms with Crippen LogP contribution in [0, 0.1) is 36.5 Å². The first-order valence-corrected chi connectivity index (χ1v) is 11.0. The van der Waals surface area contributed by atoms with Gasteiger partial charge in [0.2, 0.25) is 5.91 Å². The lowest BCUT2D eigenvalue weighted by atomic mass is 10.0. The number of nitrogens with zero attached hydrogens (tertiary/aromatic N) is 3. The monoisotopic (exact) mass is 433 g/mol. The maximum atomic E-state index is 12.4. The van der Waals surface area contributed by atoms with Crippen molar-refractivity contribution < 1.29 is 4.79 Å². The molecule has 2 aromatic heterocycles. The molecule has 150 valence electrons. The average Bonchev–Trinajstić information content (AvgIpc) is 3.25. The molecule has 2 heterocycles. The highest BCUT2D eigenvalue weighted by Gasteiger charge is 2.21. The van der Waals surface area contributed by atoms with Crippen LogP contribution in [0.1, 0.15) is 28.7 Å². The Hall–Kier alpha value is -3.33. The van der Waals surface area contributed by atoms with Gasteiger partial charge in [-0.05, 0) is 36.4 Å². The number of thiophene rings is 1. The van der Waals surface area contributed by atoms with Gasteiger partial charge in [-0.3, -0.25) is 4.79 Å². The second-order valence-corrected chi connectivity index (χ2v) is 8.57. The number of para-hydroxylation sites is 1. The molecular formula is C22H19N5OS2. The van der Waals surface area contributed by atoms with Crippen molar-refractivity contribution >= 4 is 40.5 Å². The number of carbonyl (C=O) groups is 1. The lowest BCUT2D eigenvalue weighted by Gasteiger charge is -2.13. The van der Waals surface area contributed by atoms with E-state index in [0.717, 1.165) is 21.7 Å². The Morgan fingerprint density at radius 3 is 2.47 bits per heavy atom. The number of thioether (sulfide) groups is 1. The molecule has 3 rings (SSSR count). The molecule has 1 amide bonds. The predicted molar refractivity (Wildman–Crippen MR) is 121 cm³/mol. The predicted octanol–water partition coefficient (Wildman–Crippen LogP) is 4.87. The zero-order chi connectivity index (χ0) is 21.7. The zero-order valence-corrected chi connectivity index (χ0v) is 18.2. The Morgan fingerprint density at radius 1 is 1.17 bits per heavy atom. The highest BCUT2D eigenvalue weighted by molar-refractivity contribution is 7.99. The van der Waals surface area contributed by atoms with Crippen molar-refractivity contribution in [3.05, 3.63) is 58.0 Å². The molecule has 0 unspecified atom stereocenters. The van der Waals surface area contributed by atoms with Crippen LogP contribution < -0.4 is 11.1 Å². The minimum atomic E-state index is -0.112. The van der Waals surface area contributed by atoms with E-state index < -0.39 is 0 Å². The average molecular weight is 434 g/mol. The number of amides is 1. The van der Waals surface area contributed by atoms with Crippen LogP contribution in [0.3, 0.4) is 0 Å². The summed E-state index contributed by atoms with van der Waals surface area (Å²) in [6, 6.07) is 13.8. The third-order valence-electron chi connectivity index (χ3n) is 4.50. The van der Waals surface area contributed by atoms with Crippen LogP contribution in [0.5, 0.6) is 0 Å². The lowest BCUT2D eigenvalue weighted by molar-refractivity contribution is -0.115. The first-order chi connectivity index (χ1) is 14.5. The molecule has 0 aliphatic heterocycles. The molecular weight excluding hydrogens is 414 g/mol. The van der Waals surface area contributed by atoms with Crippen molar-refractivity contribution in [1.82, 2.24) is 4.98 Å². The van der Waals surface area contributed by atoms with Crippen LogP contribution in [0.4, 0.5) is 11.5 Å². The van der Waals surface area contributed by atoms with Crippen LogP contribution in [0.2, 0.25) is 0 Å². The molecule has 0 saturated carbocycles. The van der Waals surface area contributed by atoms with Crippen molar-refractivity contribution in [1.29, 1.82) is 10.5 Å². The van der Waals surface area contributed by atoms with Gasteiger partial charge in [-0.25, -0.2) is 4.98 Å². The second kappa shape index (κ2) is 9.45. The van der Waals surface area contributed by atoms with E-state index in [0.29, 0.717) is 21.9 Å². The minimum Gasteiger partial charge on any atom is -0.383 e. The number of hydrogen-bond acceptors (Lipinski definition) is 7. The topological polar surface area (TPSA) is 116 Å². The Bertz CT molecular complexity index is 1150. The van der Waals surface area contributed by atoms with Crippen molar-refractivity contribution in [2.24, 2.45) is 0 Å². The maximum Gasteiger partial charge on any atom is 0.225 e. The third kappa shape index (κ3) is 4.46. The highest BCUT2D eigenvalue weighted by Crippen LogP contribution is 2.37. The first kappa shape index (κ1) is 21.4. The smallest absolute Gasteiger partial charge is 0.225 e. The quantitative estimate of drug-likeness (QED) is 0.536. The van der Waals surface area contributed by atoms with Crippen molar-refractivity contribution in [3.8, 4) is 22.6 Å². The van der Waals surface area contributed by atoms with Crippen molar-refractivity contribution in [2.75, 3.05) is 16.8 Å². The van der Waals surface area contributed by atoms with E-state index in [2.05, 4.69) is 22.4 Å². The van der Waals surface area contributed by atoms with Gasteiger partial charge >= 0.3 is 0 Å². The van der Waals surface area contributed by atoms with E-state index >= 15 is 0 Å². The molecule has 1 aromatic carbocycles. The molecule has 3 N–H and O–H groups in total. The molecule has 0 atom stereocenters. The molecule has 0 saturated heterocycles. The van der Waals surface area contributed by atoms with E-state index in [-0.39, 0.29) is 23.7 Å². The molecule has 0 aliphatic rings. The molecule has 3 aromatic rings. The summed E-state index contributed by atoms with van der Waals surface area (Å²) >= 11 is 2.71. The Labute approximate surface area is 183 Å². The summed E-state index contributed by atoms with van der Waals surface area (Å²) in [5.41, 5.74) is 9.85. The molecule has 8 heteroatoms. The number of rotatable bonds is 6. The molecule has 0 aliphatic carbocycles. The lowest BCUT2D eigenvalue weighted by Crippen LogP contribution is -2.14. The number of aryl methyl sites for hydroxylation is 2.